The Labute approximate surface area is 127 Å². The van der Waals surface area contributed by atoms with Crippen LogP contribution in [0.25, 0.3) is 0 Å². The van der Waals surface area contributed by atoms with Crippen molar-refractivity contribution in [3.05, 3.63) is 33.8 Å². The molecular formula is C14H15Cl2NO3. The van der Waals surface area contributed by atoms with Crippen LogP contribution in [0.5, 0.6) is 0 Å². The first-order valence-corrected chi connectivity index (χ1v) is 7.17. The van der Waals surface area contributed by atoms with Gasteiger partial charge >= 0.3 is 5.97 Å². The molecule has 1 amide bonds. The Hall–Kier alpha value is -1.26. The van der Waals surface area contributed by atoms with Gasteiger partial charge in [0.15, 0.2) is 0 Å². The van der Waals surface area contributed by atoms with Crippen LogP contribution in [0.2, 0.25) is 10.0 Å². The van der Waals surface area contributed by atoms with E-state index in [0.717, 1.165) is 0 Å². The molecule has 0 saturated heterocycles. The molecule has 1 aromatic carbocycles. The van der Waals surface area contributed by atoms with Crippen molar-refractivity contribution in [2.75, 3.05) is 0 Å². The fourth-order valence-electron chi connectivity index (χ4n) is 2.45. The Morgan fingerprint density at radius 1 is 1.30 bits per heavy atom. The van der Waals surface area contributed by atoms with E-state index < -0.39 is 5.97 Å². The molecule has 0 unspecified atom stereocenters. The zero-order valence-electron chi connectivity index (χ0n) is 10.7. The summed E-state index contributed by atoms with van der Waals surface area (Å²) in [5.41, 5.74) is 0.710. The number of benzene rings is 1. The number of carboxylic acids is 1. The third-order valence-corrected chi connectivity index (χ3v) is 4.10. The van der Waals surface area contributed by atoms with Crippen molar-refractivity contribution in [1.82, 2.24) is 5.32 Å². The molecule has 1 aromatic rings. The molecule has 108 valence electrons. The number of nitrogens with one attached hydrogen (secondary N) is 1. The van der Waals surface area contributed by atoms with Crippen LogP contribution in [0.1, 0.15) is 24.8 Å². The van der Waals surface area contributed by atoms with Gasteiger partial charge in [-0.05, 0) is 37.0 Å². The molecule has 2 N–H and O–H groups in total. The monoisotopic (exact) mass is 315 g/mol. The highest BCUT2D eigenvalue weighted by molar-refractivity contribution is 6.35. The summed E-state index contributed by atoms with van der Waals surface area (Å²) in [5.74, 6) is -1.29. The first-order chi connectivity index (χ1) is 9.45. The molecule has 2 rings (SSSR count). The van der Waals surface area contributed by atoms with E-state index in [9.17, 15) is 9.59 Å². The number of hydrogen-bond acceptors (Lipinski definition) is 2. The van der Waals surface area contributed by atoms with E-state index in [1.54, 1.807) is 18.2 Å². The number of carbonyl (C=O) groups is 2. The second-order valence-electron chi connectivity index (χ2n) is 5.03. The minimum atomic E-state index is -0.789. The largest absolute Gasteiger partial charge is 0.481 e. The van der Waals surface area contributed by atoms with Gasteiger partial charge in [-0.25, -0.2) is 0 Å². The summed E-state index contributed by atoms with van der Waals surface area (Å²) in [5, 5.41) is 12.8. The summed E-state index contributed by atoms with van der Waals surface area (Å²) in [7, 11) is 0. The van der Waals surface area contributed by atoms with Gasteiger partial charge in [-0.2, -0.15) is 0 Å². The quantitative estimate of drug-likeness (QED) is 0.897. The molecule has 0 spiro atoms. The summed E-state index contributed by atoms with van der Waals surface area (Å²) in [6.07, 6.45) is 1.98. The van der Waals surface area contributed by atoms with Crippen LogP contribution >= 0.6 is 23.2 Å². The maximum absolute atomic E-state index is 11.9. The normalized spacial score (nSPS) is 21.7. The van der Waals surface area contributed by atoms with Crippen molar-refractivity contribution in [3.8, 4) is 0 Å². The van der Waals surface area contributed by atoms with Crippen LogP contribution in [0.3, 0.4) is 0 Å². The van der Waals surface area contributed by atoms with Gasteiger partial charge in [0.25, 0.3) is 0 Å². The van der Waals surface area contributed by atoms with Crippen molar-refractivity contribution >= 4 is 35.1 Å². The lowest BCUT2D eigenvalue weighted by Crippen LogP contribution is -2.34. The number of carboxylic acid groups (broad SMARTS) is 1. The van der Waals surface area contributed by atoms with E-state index in [4.69, 9.17) is 28.3 Å². The third kappa shape index (κ3) is 3.87. The molecule has 2 atom stereocenters. The van der Waals surface area contributed by atoms with Crippen molar-refractivity contribution in [3.63, 3.8) is 0 Å². The van der Waals surface area contributed by atoms with Gasteiger partial charge in [0, 0.05) is 16.1 Å². The van der Waals surface area contributed by atoms with E-state index in [2.05, 4.69) is 5.32 Å². The van der Waals surface area contributed by atoms with E-state index in [1.807, 2.05) is 0 Å². The van der Waals surface area contributed by atoms with E-state index in [1.165, 1.54) is 0 Å². The lowest BCUT2D eigenvalue weighted by Gasteiger charge is -2.13. The molecule has 1 saturated carbocycles. The van der Waals surface area contributed by atoms with Crippen LogP contribution in [0.4, 0.5) is 0 Å². The van der Waals surface area contributed by atoms with Gasteiger partial charge in [0.1, 0.15) is 0 Å². The predicted molar refractivity (Wildman–Crippen MR) is 77.1 cm³/mol. The standard InChI is InChI=1S/C14H15Cl2NO3/c15-10-3-1-8(12(16)7-10)6-13(18)17-11-4-2-9(5-11)14(19)20/h1,3,7,9,11H,2,4-6H2,(H,17,18)(H,19,20)/t9-,11+/m1/s1. The Morgan fingerprint density at radius 2 is 2.05 bits per heavy atom. The molecule has 20 heavy (non-hydrogen) atoms. The average molecular weight is 316 g/mol. The van der Waals surface area contributed by atoms with Crippen LogP contribution in [0.15, 0.2) is 18.2 Å². The fraction of sp³-hybridized carbons (Fsp3) is 0.429. The molecule has 6 heteroatoms. The number of aliphatic carboxylic acids is 1. The smallest absolute Gasteiger partial charge is 0.306 e. The highest BCUT2D eigenvalue weighted by Crippen LogP contribution is 2.26. The zero-order valence-corrected chi connectivity index (χ0v) is 12.2. The number of carbonyl (C=O) groups excluding carboxylic acids is 1. The van der Waals surface area contributed by atoms with Crippen molar-refractivity contribution < 1.29 is 14.7 Å². The highest BCUT2D eigenvalue weighted by Gasteiger charge is 2.30. The van der Waals surface area contributed by atoms with Gasteiger partial charge in [-0.15, -0.1) is 0 Å². The predicted octanol–water partition coefficient (Wildman–Crippen LogP) is 2.91. The second-order valence-corrected chi connectivity index (χ2v) is 5.87. The summed E-state index contributed by atoms with van der Waals surface area (Å²) in [6.45, 7) is 0. The Morgan fingerprint density at radius 3 is 2.65 bits per heavy atom. The van der Waals surface area contributed by atoms with Crippen LogP contribution < -0.4 is 5.32 Å². The molecule has 4 nitrogen and oxygen atoms in total. The summed E-state index contributed by atoms with van der Waals surface area (Å²) in [4.78, 5) is 22.8. The molecule has 0 aliphatic heterocycles. The Bertz CT molecular complexity index is 533. The number of halogens is 2. The Kier molecular flexibility index (Phi) is 4.89. The minimum absolute atomic E-state index is 0.0605. The minimum Gasteiger partial charge on any atom is -0.481 e. The SMILES string of the molecule is O=C(Cc1ccc(Cl)cc1Cl)N[C@H]1CC[C@@H](C(=O)O)C1. The number of rotatable bonds is 4. The summed E-state index contributed by atoms with van der Waals surface area (Å²) in [6, 6.07) is 4.95. The molecule has 1 aliphatic carbocycles. The van der Waals surface area contributed by atoms with Crippen molar-refractivity contribution in [1.29, 1.82) is 0 Å². The second kappa shape index (κ2) is 6.46. The molecule has 0 radical (unpaired) electrons. The molecule has 0 aromatic heterocycles. The zero-order chi connectivity index (χ0) is 14.7. The van der Waals surface area contributed by atoms with Crippen LogP contribution in [-0.4, -0.2) is 23.0 Å². The molecular weight excluding hydrogens is 301 g/mol. The van der Waals surface area contributed by atoms with E-state index >= 15 is 0 Å². The molecule has 1 aliphatic rings. The van der Waals surface area contributed by atoms with E-state index in [0.29, 0.717) is 34.9 Å². The lowest BCUT2D eigenvalue weighted by atomic mass is 10.1. The van der Waals surface area contributed by atoms with E-state index in [-0.39, 0.29) is 24.3 Å². The summed E-state index contributed by atoms with van der Waals surface area (Å²) >= 11 is 11.8. The van der Waals surface area contributed by atoms with Gasteiger partial charge in [-0.3, -0.25) is 9.59 Å². The maximum atomic E-state index is 11.9. The number of amides is 1. The van der Waals surface area contributed by atoms with Gasteiger partial charge in [0.2, 0.25) is 5.91 Å². The molecule has 1 fully saturated rings. The van der Waals surface area contributed by atoms with Gasteiger partial charge in [0.05, 0.1) is 12.3 Å². The topological polar surface area (TPSA) is 66.4 Å². The van der Waals surface area contributed by atoms with Crippen LogP contribution in [-0.2, 0) is 16.0 Å². The average Bonchev–Trinajstić information content (AvgIpc) is 2.81. The van der Waals surface area contributed by atoms with Gasteiger partial charge in [-0.1, -0.05) is 29.3 Å². The first-order valence-electron chi connectivity index (χ1n) is 6.42. The third-order valence-electron chi connectivity index (χ3n) is 3.51. The van der Waals surface area contributed by atoms with Crippen LogP contribution in [0, 0.1) is 5.92 Å². The van der Waals surface area contributed by atoms with Crippen molar-refractivity contribution in [2.24, 2.45) is 5.92 Å². The lowest BCUT2D eigenvalue weighted by molar-refractivity contribution is -0.141. The van der Waals surface area contributed by atoms with Gasteiger partial charge < -0.3 is 10.4 Å². The summed E-state index contributed by atoms with van der Waals surface area (Å²) < 4.78 is 0. The van der Waals surface area contributed by atoms with Crippen molar-refractivity contribution in [2.45, 2.75) is 31.7 Å². The first kappa shape index (κ1) is 15.1. The molecule has 0 bridgehead atoms. The highest BCUT2D eigenvalue weighted by atomic mass is 35.5. The molecule has 0 heterocycles. The Balaban J connectivity index is 1.88. The maximum Gasteiger partial charge on any atom is 0.306 e. The number of hydrogen-bond donors (Lipinski definition) is 2. The fourth-order valence-corrected chi connectivity index (χ4v) is 2.93.